The number of oxazole rings is 1. The third-order valence-electron chi connectivity index (χ3n) is 4.76. The first-order chi connectivity index (χ1) is 10.9. The molecule has 0 radical (unpaired) electrons. The molecule has 124 valence electrons. The maximum Gasteiger partial charge on any atom is 0.231 e. The first kappa shape index (κ1) is 16.0. The number of nitrogens with zero attached hydrogens (tertiary/aromatic N) is 2. The van der Waals surface area contributed by atoms with E-state index in [0.29, 0.717) is 11.9 Å². The van der Waals surface area contributed by atoms with E-state index >= 15 is 0 Å². The Morgan fingerprint density at radius 3 is 2.96 bits per heavy atom. The second-order valence-corrected chi connectivity index (χ2v) is 7.10. The second-order valence-electron chi connectivity index (χ2n) is 7.10. The van der Waals surface area contributed by atoms with Gasteiger partial charge in [0.05, 0.1) is 5.41 Å². The fraction of sp³-hybridized carbons (Fsp3) is 0.556. The monoisotopic (exact) mass is 315 g/mol. The van der Waals surface area contributed by atoms with Gasteiger partial charge in [0, 0.05) is 25.2 Å². The van der Waals surface area contributed by atoms with E-state index in [4.69, 9.17) is 4.42 Å². The fourth-order valence-corrected chi connectivity index (χ4v) is 3.31. The molecule has 1 aliphatic heterocycles. The van der Waals surface area contributed by atoms with Crippen LogP contribution in [0.3, 0.4) is 0 Å². The van der Waals surface area contributed by atoms with E-state index in [1.807, 2.05) is 25.1 Å². The number of carbonyl (C=O) groups is 1. The van der Waals surface area contributed by atoms with Gasteiger partial charge >= 0.3 is 0 Å². The maximum absolute atomic E-state index is 12.8. The maximum atomic E-state index is 12.8. The summed E-state index contributed by atoms with van der Waals surface area (Å²) < 4.78 is 5.47. The molecule has 23 heavy (non-hydrogen) atoms. The van der Waals surface area contributed by atoms with E-state index in [-0.39, 0.29) is 11.3 Å². The second kappa shape index (κ2) is 5.96. The Morgan fingerprint density at radius 2 is 2.22 bits per heavy atom. The highest BCUT2D eigenvalue weighted by Gasteiger charge is 2.38. The van der Waals surface area contributed by atoms with Crippen LogP contribution in [0.1, 0.15) is 39.5 Å². The van der Waals surface area contributed by atoms with Crippen molar-refractivity contribution in [1.82, 2.24) is 9.88 Å². The number of aryl methyl sites for hydroxylation is 1. The number of hydrogen-bond donors (Lipinski definition) is 1. The highest BCUT2D eigenvalue weighted by Crippen LogP contribution is 2.32. The number of likely N-dealkylation sites (tertiary alicyclic amines) is 1. The van der Waals surface area contributed by atoms with Crippen LogP contribution in [0.25, 0.3) is 11.1 Å². The molecule has 1 atom stereocenters. The predicted octanol–water partition coefficient (Wildman–Crippen LogP) is 3.59. The largest absolute Gasteiger partial charge is 0.441 e. The van der Waals surface area contributed by atoms with Gasteiger partial charge < -0.3 is 9.73 Å². The number of amides is 1. The molecule has 0 bridgehead atoms. The lowest BCUT2D eigenvalue weighted by Crippen LogP contribution is -2.50. The number of benzene rings is 1. The van der Waals surface area contributed by atoms with Crippen molar-refractivity contribution in [2.24, 2.45) is 5.41 Å². The summed E-state index contributed by atoms with van der Waals surface area (Å²) >= 11 is 0. The molecule has 2 heterocycles. The van der Waals surface area contributed by atoms with Crippen LogP contribution < -0.4 is 5.32 Å². The number of carbonyl (C=O) groups excluding carboxylic acids is 1. The zero-order valence-electron chi connectivity index (χ0n) is 14.3. The van der Waals surface area contributed by atoms with Gasteiger partial charge in [-0.25, -0.2) is 4.98 Å². The van der Waals surface area contributed by atoms with Crippen LogP contribution in [-0.2, 0) is 4.79 Å². The van der Waals surface area contributed by atoms with E-state index in [1.165, 1.54) is 0 Å². The van der Waals surface area contributed by atoms with Crippen molar-refractivity contribution in [3.8, 4) is 0 Å². The Morgan fingerprint density at radius 1 is 1.43 bits per heavy atom. The van der Waals surface area contributed by atoms with Crippen molar-refractivity contribution < 1.29 is 9.21 Å². The number of hydrogen-bond acceptors (Lipinski definition) is 4. The third kappa shape index (κ3) is 3.24. The molecule has 1 aliphatic rings. The van der Waals surface area contributed by atoms with Gasteiger partial charge in [0.25, 0.3) is 0 Å². The Hall–Kier alpha value is -1.88. The first-order valence-corrected chi connectivity index (χ1v) is 8.30. The van der Waals surface area contributed by atoms with Gasteiger partial charge in [-0.3, -0.25) is 9.69 Å². The lowest BCUT2D eigenvalue weighted by molar-refractivity contribution is -0.128. The molecule has 5 nitrogen and oxygen atoms in total. The molecule has 1 fully saturated rings. The minimum Gasteiger partial charge on any atom is -0.441 e. The van der Waals surface area contributed by atoms with Crippen LogP contribution in [0.5, 0.6) is 0 Å². The molecule has 5 heteroatoms. The van der Waals surface area contributed by atoms with E-state index in [9.17, 15) is 4.79 Å². The smallest absolute Gasteiger partial charge is 0.231 e. The minimum atomic E-state index is -0.350. The van der Waals surface area contributed by atoms with Crippen LogP contribution >= 0.6 is 0 Å². The molecule has 3 rings (SSSR count). The van der Waals surface area contributed by atoms with Gasteiger partial charge in [-0.15, -0.1) is 0 Å². The molecular formula is C18H25N3O2. The number of piperidine rings is 1. The Bertz CT molecular complexity index is 722. The molecule has 2 aromatic rings. The lowest BCUT2D eigenvalue weighted by atomic mass is 9.80. The van der Waals surface area contributed by atoms with Crippen LogP contribution in [0, 0.1) is 12.3 Å². The molecule has 1 saturated heterocycles. The predicted molar refractivity (Wildman–Crippen MR) is 91.4 cm³/mol. The first-order valence-electron chi connectivity index (χ1n) is 8.30. The zero-order valence-corrected chi connectivity index (χ0v) is 14.3. The highest BCUT2D eigenvalue weighted by atomic mass is 16.3. The Balaban J connectivity index is 1.76. The van der Waals surface area contributed by atoms with E-state index in [0.717, 1.165) is 42.7 Å². The third-order valence-corrected chi connectivity index (χ3v) is 4.76. The van der Waals surface area contributed by atoms with Crippen LogP contribution in [0.4, 0.5) is 5.69 Å². The van der Waals surface area contributed by atoms with Crippen molar-refractivity contribution in [3.05, 3.63) is 24.1 Å². The van der Waals surface area contributed by atoms with Crippen molar-refractivity contribution in [2.45, 2.75) is 46.6 Å². The molecule has 1 N–H and O–H groups in total. The summed E-state index contributed by atoms with van der Waals surface area (Å²) in [5, 5.41) is 3.07. The summed E-state index contributed by atoms with van der Waals surface area (Å²) in [6.07, 6.45) is 1.98. The van der Waals surface area contributed by atoms with Crippen LogP contribution in [-0.4, -0.2) is 34.9 Å². The number of rotatable bonds is 3. The average molecular weight is 315 g/mol. The van der Waals surface area contributed by atoms with Gasteiger partial charge in [0.1, 0.15) is 5.52 Å². The molecule has 1 aromatic carbocycles. The van der Waals surface area contributed by atoms with Crippen molar-refractivity contribution in [3.63, 3.8) is 0 Å². The Labute approximate surface area is 137 Å². The van der Waals surface area contributed by atoms with Crippen molar-refractivity contribution in [1.29, 1.82) is 0 Å². The minimum absolute atomic E-state index is 0.0856. The van der Waals surface area contributed by atoms with Crippen molar-refractivity contribution >= 4 is 22.7 Å². The molecule has 0 aliphatic carbocycles. The molecule has 0 spiro atoms. The molecular weight excluding hydrogens is 290 g/mol. The Kier molecular flexibility index (Phi) is 4.15. The number of anilines is 1. The normalized spacial score (nSPS) is 22.7. The summed E-state index contributed by atoms with van der Waals surface area (Å²) in [5.41, 5.74) is 1.95. The van der Waals surface area contributed by atoms with E-state index < -0.39 is 0 Å². The summed E-state index contributed by atoms with van der Waals surface area (Å²) in [6, 6.07) is 6.07. The average Bonchev–Trinajstić information content (AvgIpc) is 2.86. The van der Waals surface area contributed by atoms with Gasteiger partial charge in [0.2, 0.25) is 5.91 Å². The summed E-state index contributed by atoms with van der Waals surface area (Å²) in [5.74, 6) is 0.720. The van der Waals surface area contributed by atoms with Crippen LogP contribution in [0.15, 0.2) is 22.6 Å². The number of fused-ring (bicyclic) bond motifs is 1. The summed E-state index contributed by atoms with van der Waals surface area (Å²) in [6.45, 7) is 10.1. The fourth-order valence-electron chi connectivity index (χ4n) is 3.31. The van der Waals surface area contributed by atoms with E-state index in [1.54, 1.807) is 0 Å². The van der Waals surface area contributed by atoms with Crippen LogP contribution in [0.2, 0.25) is 0 Å². The van der Waals surface area contributed by atoms with E-state index in [2.05, 4.69) is 36.0 Å². The zero-order chi connectivity index (χ0) is 16.6. The summed E-state index contributed by atoms with van der Waals surface area (Å²) in [7, 11) is 0. The molecule has 1 aromatic heterocycles. The van der Waals surface area contributed by atoms with Gasteiger partial charge in [-0.2, -0.15) is 0 Å². The van der Waals surface area contributed by atoms with Crippen molar-refractivity contribution in [2.75, 3.05) is 18.4 Å². The SMILES string of the molecule is Cc1nc2cc(NC(=O)C3(C)CCCN(C(C)C)C3)ccc2o1. The topological polar surface area (TPSA) is 58.4 Å². The molecule has 1 amide bonds. The number of aromatic nitrogens is 1. The lowest BCUT2D eigenvalue weighted by Gasteiger charge is -2.41. The van der Waals surface area contributed by atoms with Gasteiger partial charge in [-0.05, 0) is 58.4 Å². The number of nitrogens with one attached hydrogen (secondary N) is 1. The van der Waals surface area contributed by atoms with Gasteiger partial charge in [-0.1, -0.05) is 0 Å². The quantitative estimate of drug-likeness (QED) is 0.940. The highest BCUT2D eigenvalue weighted by molar-refractivity contribution is 5.96. The molecule has 1 unspecified atom stereocenters. The summed E-state index contributed by atoms with van der Waals surface area (Å²) in [4.78, 5) is 19.5. The molecule has 0 saturated carbocycles. The van der Waals surface area contributed by atoms with Gasteiger partial charge in [0.15, 0.2) is 11.5 Å². The standard InChI is InChI=1S/C18H25N3O2/c1-12(2)21-9-5-8-18(4,11-21)17(22)20-14-6-7-16-15(10-14)19-13(3)23-16/h6-7,10,12H,5,8-9,11H2,1-4H3,(H,20,22).